The van der Waals surface area contributed by atoms with Crippen molar-refractivity contribution in [2.75, 3.05) is 0 Å². The average molecular weight is 265 g/mol. The number of aromatic nitrogens is 1. The van der Waals surface area contributed by atoms with Crippen molar-refractivity contribution in [1.82, 2.24) is 10.3 Å². The van der Waals surface area contributed by atoms with Crippen LogP contribution in [0.5, 0.6) is 0 Å². The molecule has 19 heavy (non-hydrogen) atoms. The molecule has 0 fully saturated rings. The van der Waals surface area contributed by atoms with E-state index in [4.69, 9.17) is 10.8 Å². The van der Waals surface area contributed by atoms with Crippen LogP contribution in [0.25, 0.3) is 0 Å². The molecule has 0 radical (unpaired) electrons. The largest absolute Gasteiger partial charge is 0.477 e. The number of hydrogen-bond acceptors (Lipinski definition) is 4. The Morgan fingerprint density at radius 2 is 1.95 bits per heavy atom. The Morgan fingerprint density at radius 1 is 1.32 bits per heavy atom. The molecule has 1 atom stereocenters. The van der Waals surface area contributed by atoms with E-state index in [2.05, 4.69) is 10.3 Å². The van der Waals surface area contributed by atoms with E-state index in [9.17, 15) is 14.4 Å². The molecule has 0 aliphatic carbocycles. The summed E-state index contributed by atoms with van der Waals surface area (Å²) in [6.07, 6.45) is 1.14. The SMILES string of the molecule is CC(C)C(NC(=O)c1ccc(C(=O)O)nc1)C(N)=O. The first-order valence-corrected chi connectivity index (χ1v) is 5.62. The van der Waals surface area contributed by atoms with Crippen molar-refractivity contribution in [2.45, 2.75) is 19.9 Å². The first kappa shape index (κ1) is 14.6. The van der Waals surface area contributed by atoms with Gasteiger partial charge in [-0.25, -0.2) is 9.78 Å². The predicted octanol–water partition coefficient (Wildman–Crippen LogP) is 0.0195. The van der Waals surface area contributed by atoms with Gasteiger partial charge >= 0.3 is 5.97 Å². The van der Waals surface area contributed by atoms with E-state index in [0.29, 0.717) is 0 Å². The summed E-state index contributed by atoms with van der Waals surface area (Å²) in [7, 11) is 0. The molecule has 1 unspecified atom stereocenters. The molecule has 102 valence electrons. The van der Waals surface area contributed by atoms with Crippen molar-refractivity contribution in [1.29, 1.82) is 0 Å². The van der Waals surface area contributed by atoms with E-state index in [1.807, 2.05) is 0 Å². The lowest BCUT2D eigenvalue weighted by molar-refractivity contribution is -0.120. The van der Waals surface area contributed by atoms with E-state index in [1.54, 1.807) is 13.8 Å². The molecule has 7 nitrogen and oxygen atoms in total. The van der Waals surface area contributed by atoms with Gasteiger partial charge < -0.3 is 16.2 Å². The van der Waals surface area contributed by atoms with Gasteiger partial charge in [-0.3, -0.25) is 9.59 Å². The van der Waals surface area contributed by atoms with Gasteiger partial charge in [0.05, 0.1) is 5.56 Å². The molecular formula is C12H15N3O4. The number of carbonyl (C=O) groups is 3. The Kier molecular flexibility index (Phi) is 4.57. The molecule has 0 bridgehead atoms. The Morgan fingerprint density at radius 3 is 2.32 bits per heavy atom. The van der Waals surface area contributed by atoms with Gasteiger partial charge in [-0.2, -0.15) is 0 Å². The minimum Gasteiger partial charge on any atom is -0.477 e. The van der Waals surface area contributed by atoms with Crippen molar-refractivity contribution in [3.05, 3.63) is 29.6 Å². The number of hydrogen-bond donors (Lipinski definition) is 3. The highest BCUT2D eigenvalue weighted by Crippen LogP contribution is 2.05. The van der Waals surface area contributed by atoms with Crippen molar-refractivity contribution >= 4 is 17.8 Å². The van der Waals surface area contributed by atoms with Crippen LogP contribution >= 0.6 is 0 Å². The van der Waals surface area contributed by atoms with E-state index < -0.39 is 23.8 Å². The summed E-state index contributed by atoms with van der Waals surface area (Å²) >= 11 is 0. The molecule has 0 spiro atoms. The maximum atomic E-state index is 11.8. The normalized spacial score (nSPS) is 11.9. The summed E-state index contributed by atoms with van der Waals surface area (Å²) in [5.41, 5.74) is 5.18. The van der Waals surface area contributed by atoms with E-state index in [0.717, 1.165) is 6.20 Å². The fourth-order valence-corrected chi connectivity index (χ4v) is 1.45. The standard InChI is InChI=1S/C12H15N3O4/c1-6(2)9(10(13)16)15-11(17)7-3-4-8(12(18)19)14-5-7/h3-6,9H,1-2H3,(H2,13,16)(H,15,17)(H,18,19). The summed E-state index contributed by atoms with van der Waals surface area (Å²) in [5, 5.41) is 11.2. The number of carboxylic acid groups (broad SMARTS) is 1. The van der Waals surface area contributed by atoms with Crippen LogP contribution in [0.3, 0.4) is 0 Å². The summed E-state index contributed by atoms with van der Waals surface area (Å²) in [6.45, 7) is 3.50. The van der Waals surface area contributed by atoms with Crippen LogP contribution in [-0.2, 0) is 4.79 Å². The number of nitrogens with zero attached hydrogens (tertiary/aromatic N) is 1. The van der Waals surface area contributed by atoms with Gasteiger partial charge in [0.1, 0.15) is 11.7 Å². The highest BCUT2D eigenvalue weighted by Gasteiger charge is 2.22. The van der Waals surface area contributed by atoms with Crippen LogP contribution in [0.4, 0.5) is 0 Å². The molecule has 4 N–H and O–H groups in total. The number of pyridine rings is 1. The number of aromatic carboxylic acids is 1. The second-order valence-electron chi connectivity index (χ2n) is 4.33. The molecule has 0 aliphatic heterocycles. The number of amides is 2. The molecule has 1 aromatic rings. The van der Waals surface area contributed by atoms with Crippen LogP contribution in [-0.4, -0.2) is 33.9 Å². The Bertz CT molecular complexity index is 496. The third kappa shape index (κ3) is 3.77. The summed E-state index contributed by atoms with van der Waals surface area (Å²) in [5.74, 6) is -2.47. The van der Waals surface area contributed by atoms with Gasteiger partial charge in [-0.05, 0) is 18.1 Å². The third-order valence-electron chi connectivity index (χ3n) is 2.50. The second-order valence-corrected chi connectivity index (χ2v) is 4.33. The highest BCUT2D eigenvalue weighted by molar-refractivity contribution is 5.97. The lowest BCUT2D eigenvalue weighted by Gasteiger charge is -2.18. The van der Waals surface area contributed by atoms with Gasteiger partial charge in [0.2, 0.25) is 5.91 Å². The average Bonchev–Trinajstić information content (AvgIpc) is 2.34. The summed E-state index contributed by atoms with van der Waals surface area (Å²) in [6, 6.07) is 1.75. The molecular weight excluding hydrogens is 250 g/mol. The lowest BCUT2D eigenvalue weighted by Crippen LogP contribution is -2.47. The molecule has 0 aliphatic rings. The number of nitrogens with two attached hydrogens (primary N) is 1. The van der Waals surface area contributed by atoms with Crippen molar-refractivity contribution < 1.29 is 19.5 Å². The van der Waals surface area contributed by atoms with Crippen LogP contribution in [0.15, 0.2) is 18.3 Å². The number of carboxylic acids is 1. The molecule has 7 heteroatoms. The minimum absolute atomic E-state index is 0.146. The highest BCUT2D eigenvalue weighted by atomic mass is 16.4. The molecule has 0 saturated carbocycles. The van der Waals surface area contributed by atoms with Crippen LogP contribution < -0.4 is 11.1 Å². The summed E-state index contributed by atoms with van der Waals surface area (Å²) in [4.78, 5) is 37.2. The van der Waals surface area contributed by atoms with E-state index in [-0.39, 0.29) is 17.2 Å². The quantitative estimate of drug-likeness (QED) is 0.692. The Labute approximate surface area is 109 Å². The maximum absolute atomic E-state index is 11.8. The fourth-order valence-electron chi connectivity index (χ4n) is 1.45. The monoisotopic (exact) mass is 265 g/mol. The van der Waals surface area contributed by atoms with Crippen LogP contribution in [0, 0.1) is 5.92 Å². The van der Waals surface area contributed by atoms with E-state index >= 15 is 0 Å². The van der Waals surface area contributed by atoms with Crippen molar-refractivity contribution in [3.8, 4) is 0 Å². The van der Waals surface area contributed by atoms with Gasteiger partial charge in [-0.1, -0.05) is 13.8 Å². The fraction of sp³-hybridized carbons (Fsp3) is 0.333. The van der Waals surface area contributed by atoms with Gasteiger partial charge in [0.25, 0.3) is 5.91 Å². The van der Waals surface area contributed by atoms with Crippen molar-refractivity contribution in [3.63, 3.8) is 0 Å². The Balaban J connectivity index is 2.83. The molecule has 1 heterocycles. The number of rotatable bonds is 5. The molecule has 0 saturated heterocycles. The van der Waals surface area contributed by atoms with E-state index in [1.165, 1.54) is 12.1 Å². The topological polar surface area (TPSA) is 122 Å². The Hall–Kier alpha value is -2.44. The van der Waals surface area contributed by atoms with Gasteiger partial charge in [-0.15, -0.1) is 0 Å². The minimum atomic E-state index is -1.18. The first-order valence-electron chi connectivity index (χ1n) is 5.62. The summed E-state index contributed by atoms with van der Waals surface area (Å²) < 4.78 is 0. The number of carbonyl (C=O) groups excluding carboxylic acids is 2. The smallest absolute Gasteiger partial charge is 0.354 e. The molecule has 2 amide bonds. The molecule has 1 aromatic heterocycles. The predicted molar refractivity (Wildman–Crippen MR) is 66.5 cm³/mol. The zero-order chi connectivity index (χ0) is 14.6. The first-order chi connectivity index (χ1) is 8.82. The molecule has 0 aromatic carbocycles. The maximum Gasteiger partial charge on any atom is 0.354 e. The lowest BCUT2D eigenvalue weighted by atomic mass is 10.0. The zero-order valence-corrected chi connectivity index (χ0v) is 10.6. The van der Waals surface area contributed by atoms with Crippen LogP contribution in [0.1, 0.15) is 34.7 Å². The zero-order valence-electron chi connectivity index (χ0n) is 10.6. The van der Waals surface area contributed by atoms with Gasteiger partial charge in [0, 0.05) is 6.20 Å². The second kappa shape index (κ2) is 5.94. The number of nitrogens with one attached hydrogen (secondary N) is 1. The third-order valence-corrected chi connectivity index (χ3v) is 2.50. The molecule has 1 rings (SSSR count). The van der Waals surface area contributed by atoms with Gasteiger partial charge in [0.15, 0.2) is 0 Å². The number of primary amides is 1. The van der Waals surface area contributed by atoms with Crippen molar-refractivity contribution in [2.24, 2.45) is 11.7 Å². The van der Waals surface area contributed by atoms with Crippen LogP contribution in [0.2, 0.25) is 0 Å².